The first kappa shape index (κ1) is 22.5. The van der Waals surface area contributed by atoms with Crippen LogP contribution in [0.25, 0.3) is 0 Å². The Hall–Kier alpha value is -3.32. The summed E-state index contributed by atoms with van der Waals surface area (Å²) in [4.78, 5) is 31.5. The Morgan fingerprint density at radius 1 is 0.882 bits per heavy atom. The molecule has 3 aromatic rings. The zero-order chi connectivity index (χ0) is 23.5. The molecule has 0 bridgehead atoms. The second-order valence-electron chi connectivity index (χ2n) is 8.55. The van der Waals surface area contributed by atoms with Crippen molar-refractivity contribution in [3.05, 3.63) is 101 Å². The fourth-order valence-corrected chi connectivity index (χ4v) is 5.66. The number of benzene rings is 3. The number of anilines is 1. The van der Waals surface area contributed by atoms with E-state index in [9.17, 15) is 14.0 Å². The molecular formula is C27H26FN3O2S. The summed E-state index contributed by atoms with van der Waals surface area (Å²) in [5.74, 6) is 0.375. The molecule has 0 unspecified atom stereocenters. The zero-order valence-electron chi connectivity index (χ0n) is 18.8. The van der Waals surface area contributed by atoms with E-state index in [0.29, 0.717) is 44.0 Å². The maximum atomic E-state index is 13.2. The van der Waals surface area contributed by atoms with Crippen LogP contribution in [0.15, 0.2) is 78.9 Å². The van der Waals surface area contributed by atoms with E-state index in [0.717, 1.165) is 16.8 Å². The van der Waals surface area contributed by atoms with E-state index >= 15 is 0 Å². The number of halogens is 1. The van der Waals surface area contributed by atoms with Crippen LogP contribution in [0.4, 0.5) is 10.1 Å². The van der Waals surface area contributed by atoms with E-state index in [4.69, 9.17) is 0 Å². The minimum Gasteiger partial charge on any atom is -0.368 e. The minimum absolute atomic E-state index is 0.0154. The summed E-state index contributed by atoms with van der Waals surface area (Å²) < 4.78 is 13.2. The SMILES string of the molecule is O=C(c1ccc([C@H]2SCC(=O)N2Cc2ccccc2)cc1)N1CCN(c2ccc(F)cc2)CC1. The molecule has 0 aliphatic carbocycles. The molecule has 0 saturated carbocycles. The molecule has 3 aromatic carbocycles. The van der Waals surface area contributed by atoms with Gasteiger partial charge in [0.1, 0.15) is 11.2 Å². The summed E-state index contributed by atoms with van der Waals surface area (Å²) in [6.45, 7) is 3.25. The van der Waals surface area contributed by atoms with Crippen LogP contribution in [0.1, 0.15) is 26.9 Å². The van der Waals surface area contributed by atoms with Crippen molar-refractivity contribution in [3.63, 3.8) is 0 Å². The van der Waals surface area contributed by atoms with Gasteiger partial charge in [0.15, 0.2) is 0 Å². The highest BCUT2D eigenvalue weighted by Crippen LogP contribution is 2.39. The third kappa shape index (κ3) is 4.80. The van der Waals surface area contributed by atoms with Gasteiger partial charge in [-0.25, -0.2) is 4.39 Å². The van der Waals surface area contributed by atoms with Crippen LogP contribution in [-0.4, -0.2) is 53.5 Å². The van der Waals surface area contributed by atoms with E-state index in [1.54, 1.807) is 23.9 Å². The summed E-state index contributed by atoms with van der Waals surface area (Å²) >= 11 is 1.62. The van der Waals surface area contributed by atoms with Gasteiger partial charge in [-0.2, -0.15) is 0 Å². The second kappa shape index (κ2) is 9.89. The molecule has 7 heteroatoms. The number of hydrogen-bond donors (Lipinski definition) is 0. The Labute approximate surface area is 203 Å². The molecule has 2 fully saturated rings. The maximum absolute atomic E-state index is 13.2. The first-order valence-electron chi connectivity index (χ1n) is 11.4. The molecular weight excluding hydrogens is 449 g/mol. The van der Waals surface area contributed by atoms with Gasteiger partial charge in [0, 0.05) is 44.0 Å². The molecule has 2 aliphatic rings. The molecule has 174 valence electrons. The Balaban J connectivity index is 1.22. The van der Waals surface area contributed by atoms with Crippen molar-refractivity contribution in [2.45, 2.75) is 11.9 Å². The van der Waals surface area contributed by atoms with Gasteiger partial charge in [0.05, 0.1) is 5.75 Å². The normalized spacial score (nSPS) is 18.4. The number of nitrogens with zero attached hydrogens (tertiary/aromatic N) is 3. The molecule has 5 nitrogen and oxygen atoms in total. The van der Waals surface area contributed by atoms with E-state index in [-0.39, 0.29) is 23.0 Å². The van der Waals surface area contributed by atoms with E-state index in [1.807, 2.05) is 64.4 Å². The second-order valence-corrected chi connectivity index (χ2v) is 9.62. The molecule has 34 heavy (non-hydrogen) atoms. The molecule has 2 aliphatic heterocycles. The number of amides is 2. The number of hydrogen-bond acceptors (Lipinski definition) is 4. The largest absolute Gasteiger partial charge is 0.368 e. The van der Waals surface area contributed by atoms with Gasteiger partial charge in [-0.15, -0.1) is 11.8 Å². The summed E-state index contributed by atoms with van der Waals surface area (Å²) in [7, 11) is 0. The number of rotatable bonds is 5. The average molecular weight is 476 g/mol. The molecule has 0 spiro atoms. The quantitative estimate of drug-likeness (QED) is 0.543. The van der Waals surface area contributed by atoms with E-state index in [2.05, 4.69) is 4.90 Å². The topological polar surface area (TPSA) is 43.9 Å². The number of thioether (sulfide) groups is 1. The Bertz CT molecular complexity index is 1150. The van der Waals surface area contributed by atoms with Gasteiger partial charge in [-0.3, -0.25) is 9.59 Å². The van der Waals surface area contributed by atoms with Crippen LogP contribution < -0.4 is 4.90 Å². The lowest BCUT2D eigenvalue weighted by molar-refractivity contribution is -0.128. The Kier molecular flexibility index (Phi) is 6.54. The van der Waals surface area contributed by atoms with Crippen LogP contribution in [0.2, 0.25) is 0 Å². The van der Waals surface area contributed by atoms with Crippen LogP contribution >= 0.6 is 11.8 Å². The van der Waals surface area contributed by atoms with Gasteiger partial charge >= 0.3 is 0 Å². The lowest BCUT2D eigenvalue weighted by atomic mass is 10.1. The third-order valence-electron chi connectivity index (χ3n) is 6.37. The fourth-order valence-electron chi connectivity index (χ4n) is 4.47. The molecule has 2 heterocycles. The molecule has 0 N–H and O–H groups in total. The van der Waals surface area contributed by atoms with Gasteiger partial charge in [-0.05, 0) is 47.5 Å². The van der Waals surface area contributed by atoms with Gasteiger partial charge < -0.3 is 14.7 Å². The lowest BCUT2D eigenvalue weighted by Gasteiger charge is -2.36. The third-order valence-corrected chi connectivity index (χ3v) is 7.62. The standard InChI is InChI=1S/C27H26FN3O2S/c28-23-10-12-24(13-11-23)29-14-16-30(17-15-29)26(33)21-6-8-22(9-7-21)27-31(25(32)19-34-27)18-20-4-2-1-3-5-20/h1-13,27H,14-19H2/t27-/m1/s1. The highest BCUT2D eigenvalue weighted by atomic mass is 32.2. The van der Waals surface area contributed by atoms with Crippen LogP contribution in [0.5, 0.6) is 0 Å². The molecule has 0 aromatic heterocycles. The van der Waals surface area contributed by atoms with Crippen molar-refractivity contribution in [2.75, 3.05) is 36.8 Å². The predicted molar refractivity (Wildman–Crippen MR) is 133 cm³/mol. The van der Waals surface area contributed by atoms with Gasteiger partial charge in [0.2, 0.25) is 5.91 Å². The Morgan fingerprint density at radius 2 is 1.56 bits per heavy atom. The van der Waals surface area contributed by atoms with Crippen LogP contribution in [-0.2, 0) is 11.3 Å². The summed E-state index contributed by atoms with van der Waals surface area (Å²) in [6.07, 6.45) is 0. The summed E-state index contributed by atoms with van der Waals surface area (Å²) in [5, 5.41) is -0.0453. The van der Waals surface area contributed by atoms with Crippen molar-refractivity contribution >= 4 is 29.3 Å². The summed E-state index contributed by atoms with van der Waals surface area (Å²) in [5.41, 5.74) is 3.77. The number of carbonyl (C=O) groups excluding carboxylic acids is 2. The monoisotopic (exact) mass is 475 g/mol. The van der Waals surface area contributed by atoms with Crippen molar-refractivity contribution < 1.29 is 14.0 Å². The molecule has 5 rings (SSSR count). The van der Waals surface area contributed by atoms with Gasteiger partial charge in [0.25, 0.3) is 5.91 Å². The minimum atomic E-state index is -0.246. The lowest BCUT2D eigenvalue weighted by Crippen LogP contribution is -2.48. The van der Waals surface area contributed by atoms with Crippen molar-refractivity contribution in [3.8, 4) is 0 Å². The highest BCUT2D eigenvalue weighted by molar-refractivity contribution is 8.00. The van der Waals surface area contributed by atoms with Crippen molar-refractivity contribution in [2.24, 2.45) is 0 Å². The van der Waals surface area contributed by atoms with E-state index < -0.39 is 0 Å². The van der Waals surface area contributed by atoms with Crippen LogP contribution in [0, 0.1) is 5.82 Å². The predicted octanol–water partition coefficient (Wildman–Crippen LogP) is 4.56. The maximum Gasteiger partial charge on any atom is 0.253 e. The average Bonchev–Trinajstić information content (AvgIpc) is 3.25. The molecule has 1 atom stereocenters. The smallest absolute Gasteiger partial charge is 0.253 e. The molecule has 0 radical (unpaired) electrons. The first-order chi connectivity index (χ1) is 16.6. The number of piperazine rings is 1. The van der Waals surface area contributed by atoms with Crippen molar-refractivity contribution in [1.29, 1.82) is 0 Å². The van der Waals surface area contributed by atoms with Gasteiger partial charge in [-0.1, -0.05) is 42.5 Å². The molecule has 2 saturated heterocycles. The fraction of sp³-hybridized carbons (Fsp3) is 0.259. The van der Waals surface area contributed by atoms with Crippen LogP contribution in [0.3, 0.4) is 0 Å². The first-order valence-corrected chi connectivity index (χ1v) is 12.5. The highest BCUT2D eigenvalue weighted by Gasteiger charge is 2.33. The molecule has 2 amide bonds. The number of carbonyl (C=O) groups is 2. The van der Waals surface area contributed by atoms with E-state index in [1.165, 1.54) is 12.1 Å². The van der Waals surface area contributed by atoms with Crippen molar-refractivity contribution in [1.82, 2.24) is 9.80 Å². The summed E-state index contributed by atoms with van der Waals surface area (Å²) in [6, 6.07) is 24.2. The zero-order valence-corrected chi connectivity index (χ0v) is 19.6. The Morgan fingerprint density at radius 3 is 2.24 bits per heavy atom.